The molecule has 2 heterocycles. The summed E-state index contributed by atoms with van der Waals surface area (Å²) < 4.78 is 11.7. The first kappa shape index (κ1) is 16.7. The van der Waals surface area contributed by atoms with Crippen molar-refractivity contribution < 1.29 is 14.6 Å². The Morgan fingerprint density at radius 1 is 1.20 bits per heavy atom. The van der Waals surface area contributed by atoms with Crippen LogP contribution in [0.3, 0.4) is 0 Å². The number of ether oxygens (including phenoxy) is 2. The molecule has 0 spiro atoms. The number of phenols is 1. The van der Waals surface area contributed by atoms with Crippen molar-refractivity contribution in [3.05, 3.63) is 51.0 Å². The van der Waals surface area contributed by atoms with Gasteiger partial charge in [-0.3, -0.25) is 4.90 Å². The van der Waals surface area contributed by atoms with Crippen LogP contribution in [0.15, 0.2) is 28.7 Å². The van der Waals surface area contributed by atoms with E-state index in [2.05, 4.69) is 39.9 Å². The molecule has 0 saturated carbocycles. The molecule has 0 aliphatic carbocycles. The van der Waals surface area contributed by atoms with Gasteiger partial charge < -0.3 is 14.6 Å². The van der Waals surface area contributed by atoms with Crippen molar-refractivity contribution in [2.75, 3.05) is 20.8 Å². The minimum atomic E-state index is 0.135. The second kappa shape index (κ2) is 6.22. The third kappa shape index (κ3) is 2.52. The summed E-state index contributed by atoms with van der Waals surface area (Å²) >= 11 is 3.69. The normalized spacial score (nSPS) is 21.9. The van der Waals surface area contributed by atoms with Gasteiger partial charge in [0.15, 0.2) is 11.5 Å². The highest BCUT2D eigenvalue weighted by Crippen LogP contribution is 2.51. The number of hydrogen-bond acceptors (Lipinski definition) is 4. The topological polar surface area (TPSA) is 41.9 Å². The van der Waals surface area contributed by atoms with Crippen molar-refractivity contribution in [2.24, 2.45) is 0 Å². The molecule has 1 N–H and O–H groups in total. The van der Waals surface area contributed by atoms with Gasteiger partial charge in [-0.1, -0.05) is 22.0 Å². The molecule has 2 atom stereocenters. The van der Waals surface area contributed by atoms with Gasteiger partial charge in [-0.15, -0.1) is 0 Å². The molecule has 5 heteroatoms. The van der Waals surface area contributed by atoms with Crippen LogP contribution in [0.25, 0.3) is 0 Å². The van der Waals surface area contributed by atoms with Gasteiger partial charge in [-0.2, -0.15) is 0 Å². The van der Waals surface area contributed by atoms with Crippen molar-refractivity contribution >= 4 is 15.9 Å². The Labute approximate surface area is 156 Å². The Morgan fingerprint density at radius 2 is 2.00 bits per heavy atom. The van der Waals surface area contributed by atoms with Crippen molar-refractivity contribution in [2.45, 2.75) is 31.8 Å². The molecule has 4 nitrogen and oxygen atoms in total. The van der Waals surface area contributed by atoms with Crippen LogP contribution in [0.2, 0.25) is 0 Å². The Balaban J connectivity index is 1.83. The highest BCUT2D eigenvalue weighted by atomic mass is 79.9. The lowest BCUT2D eigenvalue weighted by Gasteiger charge is -2.46. The summed E-state index contributed by atoms with van der Waals surface area (Å²) in [5.74, 6) is 1.71. The van der Waals surface area contributed by atoms with E-state index in [1.165, 1.54) is 16.7 Å². The van der Waals surface area contributed by atoms with Crippen LogP contribution >= 0.6 is 15.9 Å². The highest BCUT2D eigenvalue weighted by molar-refractivity contribution is 9.10. The first-order valence-corrected chi connectivity index (χ1v) is 9.35. The summed E-state index contributed by atoms with van der Waals surface area (Å²) in [6, 6.07) is 8.72. The van der Waals surface area contributed by atoms with Gasteiger partial charge in [0.25, 0.3) is 0 Å². The number of hydrogen-bond donors (Lipinski definition) is 1. The molecule has 2 aliphatic heterocycles. The zero-order chi connectivity index (χ0) is 17.7. The number of halogens is 1. The summed E-state index contributed by atoms with van der Waals surface area (Å²) in [6.07, 6.45) is 1.87. The van der Waals surface area contributed by atoms with Crippen molar-refractivity contribution in [1.29, 1.82) is 0 Å². The number of rotatable bonds is 2. The van der Waals surface area contributed by atoms with E-state index in [0.717, 1.165) is 35.2 Å². The third-order valence-electron chi connectivity index (χ3n) is 5.64. The Kier molecular flexibility index (Phi) is 4.16. The zero-order valence-corrected chi connectivity index (χ0v) is 16.3. The van der Waals surface area contributed by atoms with E-state index in [9.17, 15) is 5.11 Å². The zero-order valence-electron chi connectivity index (χ0n) is 14.7. The van der Waals surface area contributed by atoms with E-state index in [0.29, 0.717) is 11.8 Å². The van der Waals surface area contributed by atoms with Gasteiger partial charge in [-0.05, 0) is 54.7 Å². The Hall–Kier alpha value is -1.72. The average Bonchev–Trinajstić information content (AvgIpc) is 2.63. The SMILES string of the molecule is COc1ccc2c(c1)CCN1C(C)c3c(O)c(OC)cc(Br)c3CC21. The maximum absolute atomic E-state index is 10.7. The summed E-state index contributed by atoms with van der Waals surface area (Å²) in [6.45, 7) is 3.14. The number of phenolic OH excluding ortho intramolecular Hbond substituents is 1. The van der Waals surface area contributed by atoms with Gasteiger partial charge in [0.2, 0.25) is 0 Å². The number of benzene rings is 2. The number of fused-ring (bicyclic) bond motifs is 4. The molecular weight excluding hydrogens is 382 g/mol. The highest BCUT2D eigenvalue weighted by Gasteiger charge is 2.39. The molecule has 0 fully saturated rings. The molecule has 2 unspecified atom stereocenters. The van der Waals surface area contributed by atoms with E-state index >= 15 is 0 Å². The predicted molar refractivity (Wildman–Crippen MR) is 101 cm³/mol. The molecule has 0 amide bonds. The summed E-state index contributed by atoms with van der Waals surface area (Å²) in [5, 5.41) is 10.7. The number of methoxy groups -OCH3 is 2. The van der Waals surface area contributed by atoms with Crippen LogP contribution in [-0.2, 0) is 12.8 Å². The van der Waals surface area contributed by atoms with Crippen molar-refractivity contribution in [3.63, 3.8) is 0 Å². The standard InChI is InChI=1S/C20H22BrNO3/c1-11-19-15(16(21)10-18(25-3)20(19)23)9-17-14-5-4-13(24-2)8-12(14)6-7-22(11)17/h4-5,8,10-11,17,23H,6-7,9H2,1-3H3. The lowest BCUT2D eigenvalue weighted by molar-refractivity contribution is 0.114. The maximum Gasteiger partial charge on any atom is 0.162 e. The number of aromatic hydroxyl groups is 1. The summed E-state index contributed by atoms with van der Waals surface area (Å²) in [5.41, 5.74) is 4.90. The minimum Gasteiger partial charge on any atom is -0.504 e. The van der Waals surface area contributed by atoms with E-state index in [4.69, 9.17) is 9.47 Å². The third-order valence-corrected chi connectivity index (χ3v) is 6.35. The Morgan fingerprint density at radius 3 is 2.72 bits per heavy atom. The molecule has 2 aromatic rings. The molecule has 0 bridgehead atoms. The predicted octanol–water partition coefficient (Wildman–Crippen LogP) is 4.39. The fraction of sp³-hybridized carbons (Fsp3) is 0.400. The van der Waals surface area contributed by atoms with E-state index in [-0.39, 0.29) is 11.8 Å². The summed E-state index contributed by atoms with van der Waals surface area (Å²) in [7, 11) is 3.30. The van der Waals surface area contributed by atoms with E-state index in [1.807, 2.05) is 12.1 Å². The van der Waals surface area contributed by atoms with Crippen LogP contribution in [0, 0.1) is 0 Å². The van der Waals surface area contributed by atoms with Gasteiger partial charge in [-0.25, -0.2) is 0 Å². The summed E-state index contributed by atoms with van der Waals surface area (Å²) in [4.78, 5) is 2.49. The molecule has 0 aromatic heterocycles. The second-order valence-corrected chi connectivity index (χ2v) is 7.60. The smallest absolute Gasteiger partial charge is 0.162 e. The lowest BCUT2D eigenvalue weighted by atomic mass is 9.80. The first-order chi connectivity index (χ1) is 12.0. The average molecular weight is 404 g/mol. The molecule has 25 heavy (non-hydrogen) atoms. The van der Waals surface area contributed by atoms with E-state index in [1.54, 1.807) is 14.2 Å². The quantitative estimate of drug-likeness (QED) is 0.807. The van der Waals surface area contributed by atoms with Crippen LogP contribution < -0.4 is 9.47 Å². The molecule has 132 valence electrons. The largest absolute Gasteiger partial charge is 0.504 e. The Bertz CT molecular complexity index is 836. The maximum atomic E-state index is 10.7. The lowest BCUT2D eigenvalue weighted by Crippen LogP contribution is -2.41. The van der Waals surface area contributed by atoms with E-state index < -0.39 is 0 Å². The second-order valence-electron chi connectivity index (χ2n) is 6.75. The van der Waals surface area contributed by atoms with Crippen molar-refractivity contribution in [3.8, 4) is 17.2 Å². The molecule has 0 saturated heterocycles. The van der Waals surface area contributed by atoms with Crippen LogP contribution in [-0.4, -0.2) is 30.8 Å². The van der Waals surface area contributed by atoms with Crippen LogP contribution in [0.5, 0.6) is 17.2 Å². The minimum absolute atomic E-state index is 0.135. The molecule has 2 aliphatic rings. The molecule has 0 radical (unpaired) electrons. The van der Waals surface area contributed by atoms with Gasteiger partial charge in [0.1, 0.15) is 5.75 Å². The first-order valence-electron chi connectivity index (χ1n) is 8.56. The fourth-order valence-electron chi connectivity index (χ4n) is 4.37. The van der Waals surface area contributed by atoms with Crippen molar-refractivity contribution in [1.82, 2.24) is 4.90 Å². The van der Waals surface area contributed by atoms with Gasteiger partial charge in [0.05, 0.1) is 14.2 Å². The fourth-order valence-corrected chi connectivity index (χ4v) is 4.96. The number of nitrogens with zero attached hydrogens (tertiary/aromatic N) is 1. The monoisotopic (exact) mass is 403 g/mol. The van der Waals surface area contributed by atoms with Crippen LogP contribution in [0.4, 0.5) is 0 Å². The molecule has 4 rings (SSSR count). The van der Waals surface area contributed by atoms with Gasteiger partial charge in [0, 0.05) is 28.7 Å². The van der Waals surface area contributed by atoms with Crippen LogP contribution in [0.1, 0.15) is 41.3 Å². The molecule has 2 aromatic carbocycles. The molecular formula is C20H22BrNO3. The van der Waals surface area contributed by atoms with Gasteiger partial charge >= 0.3 is 0 Å².